The Kier molecular flexibility index (Phi) is 7.15. The van der Waals surface area contributed by atoms with Gasteiger partial charge in [-0.2, -0.15) is 15.8 Å². The third kappa shape index (κ3) is 4.63. The molecule has 0 saturated carbocycles. The minimum atomic E-state index is -0.226. The lowest BCUT2D eigenvalue weighted by molar-refractivity contribution is 1.09. The maximum Gasteiger partial charge on any atom is 0.148 e. The summed E-state index contributed by atoms with van der Waals surface area (Å²) in [5, 5.41) is 29.1. The Hall–Kier alpha value is -3.41. The van der Waals surface area contributed by atoms with Crippen molar-refractivity contribution in [1.82, 2.24) is 4.57 Å². The summed E-state index contributed by atoms with van der Waals surface area (Å²) >= 11 is 10.5. The van der Waals surface area contributed by atoms with Gasteiger partial charge in [0.1, 0.15) is 23.8 Å². The van der Waals surface area contributed by atoms with Gasteiger partial charge in [-0.3, -0.25) is 0 Å². The van der Waals surface area contributed by atoms with Crippen LogP contribution in [0.1, 0.15) is 5.56 Å². The van der Waals surface area contributed by atoms with Gasteiger partial charge in [0.15, 0.2) is 0 Å². The van der Waals surface area contributed by atoms with Crippen LogP contribution in [0.25, 0.3) is 33.8 Å². The van der Waals surface area contributed by atoms with E-state index in [1.807, 2.05) is 91.0 Å². The van der Waals surface area contributed by atoms with Crippen LogP contribution in [0.4, 0.5) is 0 Å². The molecule has 1 heterocycles. The van der Waals surface area contributed by atoms with Gasteiger partial charge >= 0.3 is 0 Å². The first-order chi connectivity index (χ1) is 16.5. The highest BCUT2D eigenvalue weighted by Crippen LogP contribution is 2.40. The first kappa shape index (κ1) is 23.7. The van der Waals surface area contributed by atoms with Crippen LogP contribution < -0.4 is 0 Å². The summed E-state index contributed by atoms with van der Waals surface area (Å²) in [4.78, 5) is 0. The molecule has 4 rings (SSSR count). The van der Waals surface area contributed by atoms with Crippen molar-refractivity contribution in [2.45, 2.75) is 0 Å². The van der Waals surface area contributed by atoms with Crippen LogP contribution in [0, 0.1) is 34.0 Å². The molecule has 0 fully saturated rings. The molecule has 0 aliphatic rings. The number of rotatable bonds is 4. The van der Waals surface area contributed by atoms with E-state index in [-0.39, 0.29) is 11.1 Å². The number of nitrogens with zero attached hydrogens (tertiary/aromatic N) is 4. The van der Waals surface area contributed by atoms with Gasteiger partial charge in [0.05, 0.1) is 17.0 Å². The highest BCUT2D eigenvalue weighted by molar-refractivity contribution is 9.11. The Balaban J connectivity index is 2.18. The van der Waals surface area contributed by atoms with Gasteiger partial charge < -0.3 is 4.57 Å². The van der Waals surface area contributed by atoms with E-state index in [0.717, 1.165) is 35.9 Å². The Morgan fingerprint density at radius 1 is 0.618 bits per heavy atom. The molecule has 0 saturated heterocycles. The Morgan fingerprint density at radius 3 is 1.56 bits per heavy atom. The molecule has 34 heavy (non-hydrogen) atoms. The van der Waals surface area contributed by atoms with Crippen LogP contribution in [0.3, 0.4) is 0 Å². The normalized spacial score (nSPS) is 10.1. The van der Waals surface area contributed by atoms with Crippen LogP contribution in [0.5, 0.6) is 0 Å². The van der Waals surface area contributed by atoms with E-state index in [2.05, 4.69) is 58.4 Å². The molecule has 4 aromatic rings. The maximum atomic E-state index is 10.0. The van der Waals surface area contributed by atoms with Crippen molar-refractivity contribution in [3.05, 3.63) is 103 Å². The van der Waals surface area contributed by atoms with Gasteiger partial charge in [0.2, 0.25) is 0 Å². The predicted octanol–water partition coefficient (Wildman–Crippen LogP) is 8.42. The first-order valence-electron chi connectivity index (χ1n) is 9.95. The Labute approximate surface area is 222 Å². The standard InChI is InChI=1S/C27H13Br3N4/c28-20-5-1-17(2-6-20)26-13-24(25(16-33)19(14-31)15-32)27(18-3-7-21(29)8-4-18)34(26)23-11-9-22(30)10-12-23/h1-13H. The fraction of sp³-hybridized carbons (Fsp3) is 0. The average Bonchev–Trinajstić information content (AvgIpc) is 3.24. The van der Waals surface area contributed by atoms with Gasteiger partial charge in [-0.15, -0.1) is 0 Å². The molecule has 0 aliphatic heterocycles. The molecule has 0 spiro atoms. The zero-order valence-electron chi connectivity index (χ0n) is 17.4. The number of hydrogen-bond acceptors (Lipinski definition) is 3. The number of halogens is 3. The van der Waals surface area contributed by atoms with Crippen molar-refractivity contribution in [1.29, 1.82) is 15.8 Å². The van der Waals surface area contributed by atoms with Gasteiger partial charge in [-0.1, -0.05) is 72.1 Å². The van der Waals surface area contributed by atoms with Crippen molar-refractivity contribution in [2.75, 3.05) is 0 Å². The molecule has 0 radical (unpaired) electrons. The SMILES string of the molecule is N#CC(C#N)=C(C#N)c1cc(-c2ccc(Br)cc2)n(-c2ccc(Br)cc2)c1-c1ccc(Br)cc1. The third-order valence-corrected chi connectivity index (χ3v) is 6.78. The minimum Gasteiger partial charge on any atom is -0.309 e. The molecule has 0 N–H and O–H groups in total. The fourth-order valence-corrected chi connectivity index (χ4v) is 4.47. The lowest BCUT2D eigenvalue weighted by atomic mass is 9.98. The monoisotopic (exact) mass is 630 g/mol. The topological polar surface area (TPSA) is 76.3 Å². The second kappa shape index (κ2) is 10.2. The highest BCUT2D eigenvalue weighted by Gasteiger charge is 2.24. The third-order valence-electron chi connectivity index (χ3n) is 5.20. The fourth-order valence-electron chi connectivity index (χ4n) is 3.67. The van der Waals surface area contributed by atoms with Crippen molar-refractivity contribution in [3.8, 4) is 46.4 Å². The molecular weight excluding hydrogens is 620 g/mol. The Morgan fingerprint density at radius 2 is 1.09 bits per heavy atom. The number of hydrogen-bond donors (Lipinski definition) is 0. The summed E-state index contributed by atoms with van der Waals surface area (Å²) in [5.41, 5.74) is 4.50. The molecule has 1 aromatic heterocycles. The lowest BCUT2D eigenvalue weighted by Gasteiger charge is -2.16. The number of allylic oxidation sites excluding steroid dienone is 2. The average molecular weight is 633 g/mol. The van der Waals surface area contributed by atoms with E-state index in [1.165, 1.54) is 0 Å². The number of nitriles is 3. The molecular formula is C27H13Br3N4. The van der Waals surface area contributed by atoms with Crippen molar-refractivity contribution < 1.29 is 0 Å². The second-order valence-corrected chi connectivity index (χ2v) is 9.95. The van der Waals surface area contributed by atoms with Gasteiger partial charge in [0, 0.05) is 24.7 Å². The summed E-state index contributed by atoms with van der Waals surface area (Å²) in [7, 11) is 0. The predicted molar refractivity (Wildman–Crippen MR) is 143 cm³/mol. The summed E-state index contributed by atoms with van der Waals surface area (Å²) in [6, 6.07) is 31.2. The molecule has 0 amide bonds. The first-order valence-corrected chi connectivity index (χ1v) is 12.3. The van der Waals surface area contributed by atoms with E-state index < -0.39 is 0 Å². The molecule has 0 atom stereocenters. The van der Waals surface area contributed by atoms with Crippen LogP contribution in [0.15, 0.2) is 97.9 Å². The van der Waals surface area contributed by atoms with Crippen LogP contribution in [0.2, 0.25) is 0 Å². The summed E-state index contributed by atoms with van der Waals surface area (Å²) < 4.78 is 4.85. The summed E-state index contributed by atoms with van der Waals surface area (Å²) in [6.07, 6.45) is 0. The smallest absolute Gasteiger partial charge is 0.148 e. The molecule has 7 heteroatoms. The van der Waals surface area contributed by atoms with E-state index in [1.54, 1.807) is 0 Å². The number of aromatic nitrogens is 1. The van der Waals surface area contributed by atoms with Crippen LogP contribution in [-0.4, -0.2) is 4.57 Å². The van der Waals surface area contributed by atoms with E-state index in [4.69, 9.17) is 0 Å². The molecule has 0 aliphatic carbocycles. The van der Waals surface area contributed by atoms with Crippen LogP contribution >= 0.6 is 47.8 Å². The zero-order valence-corrected chi connectivity index (χ0v) is 22.2. The second-order valence-electron chi connectivity index (χ2n) is 7.20. The van der Waals surface area contributed by atoms with Crippen molar-refractivity contribution in [3.63, 3.8) is 0 Å². The summed E-state index contributed by atoms with van der Waals surface area (Å²) in [5.74, 6) is 0. The quantitative estimate of drug-likeness (QED) is 0.212. The van der Waals surface area contributed by atoms with Crippen molar-refractivity contribution in [2.24, 2.45) is 0 Å². The lowest BCUT2D eigenvalue weighted by Crippen LogP contribution is -2.01. The summed E-state index contributed by atoms with van der Waals surface area (Å²) in [6.45, 7) is 0. The number of benzene rings is 3. The highest BCUT2D eigenvalue weighted by atomic mass is 79.9. The van der Waals surface area contributed by atoms with Crippen LogP contribution in [-0.2, 0) is 0 Å². The van der Waals surface area contributed by atoms with E-state index in [0.29, 0.717) is 11.3 Å². The van der Waals surface area contributed by atoms with Crippen molar-refractivity contribution >= 4 is 53.4 Å². The molecule has 162 valence electrons. The largest absolute Gasteiger partial charge is 0.309 e. The van der Waals surface area contributed by atoms with E-state index >= 15 is 0 Å². The molecule has 4 nitrogen and oxygen atoms in total. The van der Waals surface area contributed by atoms with Gasteiger partial charge in [0.25, 0.3) is 0 Å². The Bertz CT molecular complexity index is 1510. The molecule has 3 aromatic carbocycles. The molecule has 0 unspecified atom stereocenters. The van der Waals surface area contributed by atoms with E-state index in [9.17, 15) is 15.8 Å². The van der Waals surface area contributed by atoms with Gasteiger partial charge in [-0.05, 0) is 65.7 Å². The maximum absolute atomic E-state index is 10.0. The molecule has 0 bridgehead atoms. The van der Waals surface area contributed by atoms with Gasteiger partial charge in [-0.25, -0.2) is 0 Å². The zero-order chi connectivity index (χ0) is 24.2. The minimum absolute atomic E-state index is 0.0390.